The maximum absolute atomic E-state index is 12.2. The van der Waals surface area contributed by atoms with E-state index in [-0.39, 0.29) is 18.4 Å². The molecule has 5 N–H and O–H groups in total. The summed E-state index contributed by atoms with van der Waals surface area (Å²) in [5.41, 5.74) is 4.58. The largest absolute Gasteiger partial charge is 0.394 e. The van der Waals surface area contributed by atoms with Gasteiger partial charge in [-0.05, 0) is 25.2 Å². The summed E-state index contributed by atoms with van der Waals surface area (Å²) >= 11 is 0. The van der Waals surface area contributed by atoms with E-state index in [2.05, 4.69) is 10.6 Å². The third-order valence-corrected chi connectivity index (χ3v) is 3.59. The number of aliphatic hydroxyl groups excluding tert-OH is 1. The summed E-state index contributed by atoms with van der Waals surface area (Å²) in [7, 11) is 0. The van der Waals surface area contributed by atoms with E-state index in [1.165, 1.54) is 0 Å². The maximum Gasteiger partial charge on any atom is 0.312 e. The average Bonchev–Trinajstić information content (AvgIpc) is 2.76. The summed E-state index contributed by atoms with van der Waals surface area (Å²) in [6, 6.07) is -1.34. The Balaban J connectivity index is 2.67. The number of amides is 3. The van der Waals surface area contributed by atoms with Crippen LogP contribution >= 0.6 is 0 Å². The number of carbonyl (C=O) groups excluding carboxylic acids is 2. The molecule has 1 saturated carbocycles. The topological polar surface area (TPSA) is 104 Å². The normalized spacial score (nSPS) is 19.2. The minimum absolute atomic E-state index is 0.0658. The van der Waals surface area contributed by atoms with Crippen LogP contribution in [0.25, 0.3) is 0 Å². The highest BCUT2D eigenvalue weighted by Crippen LogP contribution is 2.29. The predicted molar refractivity (Wildman–Crippen MR) is 72.4 cm³/mol. The first kappa shape index (κ1) is 15.8. The Morgan fingerprint density at radius 3 is 2.32 bits per heavy atom. The standard InChI is InChI=1S/C13H25N3O3/c1-9(2)7-10(15-12(14)19)11(18)16-13(8-17)5-3-4-6-13/h9-10,17H,3-8H2,1-2H3,(H,16,18)(H3,14,15,19). The minimum atomic E-state index is -0.703. The molecule has 19 heavy (non-hydrogen) atoms. The lowest BCUT2D eigenvalue weighted by Gasteiger charge is -2.30. The van der Waals surface area contributed by atoms with Crippen LogP contribution in [0.15, 0.2) is 0 Å². The molecule has 1 atom stereocenters. The van der Waals surface area contributed by atoms with Crippen molar-refractivity contribution in [1.29, 1.82) is 0 Å². The molecule has 1 unspecified atom stereocenters. The van der Waals surface area contributed by atoms with E-state index in [0.29, 0.717) is 6.42 Å². The second kappa shape index (κ2) is 6.75. The number of nitrogens with two attached hydrogens (primary N) is 1. The van der Waals surface area contributed by atoms with E-state index in [9.17, 15) is 14.7 Å². The van der Waals surface area contributed by atoms with E-state index in [1.54, 1.807) is 0 Å². The molecule has 110 valence electrons. The van der Waals surface area contributed by atoms with Crippen LogP contribution in [-0.2, 0) is 4.79 Å². The number of rotatable bonds is 6. The van der Waals surface area contributed by atoms with Crippen LogP contribution in [0.3, 0.4) is 0 Å². The molecular weight excluding hydrogens is 246 g/mol. The fraction of sp³-hybridized carbons (Fsp3) is 0.846. The number of primary amides is 1. The van der Waals surface area contributed by atoms with Crippen LogP contribution in [0.2, 0.25) is 0 Å². The van der Waals surface area contributed by atoms with Crippen molar-refractivity contribution in [3.8, 4) is 0 Å². The van der Waals surface area contributed by atoms with Gasteiger partial charge in [-0.15, -0.1) is 0 Å². The molecule has 6 nitrogen and oxygen atoms in total. The molecule has 1 fully saturated rings. The Morgan fingerprint density at radius 1 is 1.32 bits per heavy atom. The van der Waals surface area contributed by atoms with E-state index in [0.717, 1.165) is 25.7 Å². The fourth-order valence-electron chi connectivity index (χ4n) is 2.60. The summed E-state index contributed by atoms with van der Waals surface area (Å²) in [6.07, 6.45) is 4.08. The van der Waals surface area contributed by atoms with Gasteiger partial charge in [-0.3, -0.25) is 4.79 Å². The lowest BCUT2D eigenvalue weighted by Crippen LogP contribution is -2.57. The molecule has 0 aromatic heterocycles. The van der Waals surface area contributed by atoms with Gasteiger partial charge in [-0.1, -0.05) is 26.7 Å². The van der Waals surface area contributed by atoms with Crippen LogP contribution < -0.4 is 16.4 Å². The highest BCUT2D eigenvalue weighted by atomic mass is 16.3. The Morgan fingerprint density at radius 2 is 1.89 bits per heavy atom. The van der Waals surface area contributed by atoms with Crippen molar-refractivity contribution >= 4 is 11.9 Å². The van der Waals surface area contributed by atoms with Crippen molar-refractivity contribution < 1.29 is 14.7 Å². The highest BCUT2D eigenvalue weighted by Gasteiger charge is 2.36. The van der Waals surface area contributed by atoms with Gasteiger partial charge >= 0.3 is 6.03 Å². The third-order valence-electron chi connectivity index (χ3n) is 3.59. The average molecular weight is 271 g/mol. The predicted octanol–water partition coefficient (Wildman–Crippen LogP) is 0.491. The van der Waals surface area contributed by atoms with Gasteiger partial charge in [-0.25, -0.2) is 4.79 Å². The number of aliphatic hydroxyl groups is 1. The Labute approximate surface area is 114 Å². The number of hydrogen-bond acceptors (Lipinski definition) is 3. The molecule has 0 heterocycles. The number of nitrogens with one attached hydrogen (secondary N) is 2. The summed E-state index contributed by atoms with van der Waals surface area (Å²) in [5, 5.41) is 14.8. The molecule has 3 amide bonds. The van der Waals surface area contributed by atoms with Gasteiger partial charge in [0.1, 0.15) is 6.04 Å². The molecule has 0 bridgehead atoms. The first-order valence-corrected chi connectivity index (χ1v) is 6.87. The second-order valence-electron chi connectivity index (χ2n) is 5.83. The molecule has 0 radical (unpaired) electrons. The first-order valence-electron chi connectivity index (χ1n) is 6.87. The van der Waals surface area contributed by atoms with Crippen LogP contribution in [0.4, 0.5) is 4.79 Å². The quantitative estimate of drug-likeness (QED) is 0.565. The first-order chi connectivity index (χ1) is 8.88. The molecule has 0 saturated heterocycles. The van der Waals surface area contributed by atoms with Crippen molar-refractivity contribution in [2.45, 2.75) is 57.5 Å². The smallest absolute Gasteiger partial charge is 0.312 e. The molecule has 6 heteroatoms. The second-order valence-corrected chi connectivity index (χ2v) is 5.83. The van der Waals surface area contributed by atoms with Gasteiger partial charge in [0.25, 0.3) is 0 Å². The summed E-state index contributed by atoms with van der Waals surface area (Å²) in [5.74, 6) is -0.000274. The summed E-state index contributed by atoms with van der Waals surface area (Å²) in [6.45, 7) is 3.88. The lowest BCUT2D eigenvalue weighted by atomic mass is 9.96. The number of carbonyl (C=O) groups is 2. The Bertz CT molecular complexity index is 325. The van der Waals surface area contributed by atoms with Crippen molar-refractivity contribution in [2.24, 2.45) is 11.7 Å². The zero-order valence-corrected chi connectivity index (χ0v) is 11.7. The van der Waals surface area contributed by atoms with Crippen molar-refractivity contribution in [1.82, 2.24) is 10.6 Å². The van der Waals surface area contributed by atoms with Gasteiger partial charge in [0.05, 0.1) is 12.1 Å². The van der Waals surface area contributed by atoms with E-state index in [4.69, 9.17) is 5.73 Å². The zero-order chi connectivity index (χ0) is 14.5. The van der Waals surface area contributed by atoms with Gasteiger partial charge in [-0.2, -0.15) is 0 Å². The summed E-state index contributed by atoms with van der Waals surface area (Å²) in [4.78, 5) is 23.2. The van der Waals surface area contributed by atoms with Crippen LogP contribution in [0.1, 0.15) is 46.0 Å². The lowest BCUT2D eigenvalue weighted by molar-refractivity contribution is -0.125. The van der Waals surface area contributed by atoms with Gasteiger partial charge in [0.15, 0.2) is 0 Å². The van der Waals surface area contributed by atoms with E-state index < -0.39 is 17.6 Å². The molecular formula is C13H25N3O3. The Hall–Kier alpha value is -1.30. The van der Waals surface area contributed by atoms with Gasteiger partial charge in [0.2, 0.25) is 5.91 Å². The zero-order valence-electron chi connectivity index (χ0n) is 11.7. The van der Waals surface area contributed by atoms with Crippen LogP contribution in [0, 0.1) is 5.92 Å². The Kier molecular flexibility index (Phi) is 5.60. The van der Waals surface area contributed by atoms with Crippen LogP contribution in [0.5, 0.6) is 0 Å². The van der Waals surface area contributed by atoms with Crippen molar-refractivity contribution in [3.63, 3.8) is 0 Å². The monoisotopic (exact) mass is 271 g/mol. The summed E-state index contributed by atoms with van der Waals surface area (Å²) < 4.78 is 0. The molecule has 1 rings (SSSR count). The number of hydrogen-bond donors (Lipinski definition) is 4. The number of urea groups is 1. The molecule has 1 aliphatic carbocycles. The molecule has 0 aromatic carbocycles. The SMILES string of the molecule is CC(C)CC(NC(N)=O)C(=O)NC1(CO)CCCC1. The van der Waals surface area contributed by atoms with Gasteiger partial charge < -0.3 is 21.5 Å². The van der Waals surface area contributed by atoms with Crippen molar-refractivity contribution in [3.05, 3.63) is 0 Å². The van der Waals surface area contributed by atoms with Gasteiger partial charge in [0, 0.05) is 0 Å². The van der Waals surface area contributed by atoms with E-state index >= 15 is 0 Å². The molecule has 0 spiro atoms. The fourth-order valence-corrected chi connectivity index (χ4v) is 2.60. The molecule has 1 aliphatic rings. The highest BCUT2D eigenvalue weighted by molar-refractivity contribution is 5.87. The minimum Gasteiger partial charge on any atom is -0.394 e. The van der Waals surface area contributed by atoms with Crippen LogP contribution in [-0.4, -0.2) is 35.2 Å². The third kappa shape index (κ3) is 4.70. The van der Waals surface area contributed by atoms with E-state index in [1.807, 2.05) is 13.8 Å². The van der Waals surface area contributed by atoms with Crippen molar-refractivity contribution in [2.75, 3.05) is 6.61 Å². The maximum atomic E-state index is 12.2. The molecule has 0 aliphatic heterocycles. The molecule has 0 aromatic rings.